The molecule has 6 nitrogen and oxygen atoms in total. The van der Waals surface area contributed by atoms with Crippen LogP contribution in [0.1, 0.15) is 19.3 Å². The third kappa shape index (κ3) is 4.88. The number of halogens is 2. The minimum atomic E-state index is -0.0521. The molecule has 146 valence electrons. The molecule has 1 amide bonds. The normalized spacial score (nSPS) is 22.3. The summed E-state index contributed by atoms with van der Waals surface area (Å²) in [6, 6.07) is 7.98. The van der Waals surface area contributed by atoms with Crippen LogP contribution in [0, 0.1) is 5.92 Å². The van der Waals surface area contributed by atoms with Gasteiger partial charge in [-0.25, -0.2) is 4.98 Å². The topological polar surface area (TPSA) is 73.4 Å². The number of likely N-dealkylation sites (N-methyl/N-ethyl adjacent to an activating group) is 1. The zero-order valence-electron chi connectivity index (χ0n) is 15.2. The SMILES string of the molecule is CO[C@@H]1CC[C@H](C(=O)N(C)CCn2cnc3ccccc32)C[C@H]1N.Cl.Cl. The number of fused-ring (bicyclic) bond motifs is 1. The molecule has 1 aromatic carbocycles. The average molecular weight is 403 g/mol. The summed E-state index contributed by atoms with van der Waals surface area (Å²) in [5, 5.41) is 0. The van der Waals surface area contributed by atoms with Crippen molar-refractivity contribution in [3.63, 3.8) is 0 Å². The molecule has 1 aliphatic carbocycles. The van der Waals surface area contributed by atoms with Crippen LogP contribution >= 0.6 is 24.8 Å². The fraction of sp³-hybridized carbons (Fsp3) is 0.556. The van der Waals surface area contributed by atoms with Gasteiger partial charge < -0.3 is 19.9 Å². The molecular formula is C18H28Cl2N4O2. The number of carbonyl (C=O) groups is 1. The van der Waals surface area contributed by atoms with E-state index < -0.39 is 0 Å². The van der Waals surface area contributed by atoms with E-state index in [0.717, 1.165) is 30.4 Å². The fourth-order valence-electron chi connectivity index (χ4n) is 3.56. The third-order valence-corrected chi connectivity index (χ3v) is 5.07. The first kappa shape index (κ1) is 22.7. The number of carbonyl (C=O) groups excluding carboxylic acids is 1. The lowest BCUT2D eigenvalue weighted by Gasteiger charge is -2.34. The highest BCUT2D eigenvalue weighted by Crippen LogP contribution is 2.26. The Kier molecular flexibility index (Phi) is 8.83. The Bertz CT molecular complexity index is 709. The van der Waals surface area contributed by atoms with Crippen LogP contribution in [-0.4, -0.2) is 53.2 Å². The van der Waals surface area contributed by atoms with Gasteiger partial charge in [-0.1, -0.05) is 12.1 Å². The molecule has 8 heteroatoms. The van der Waals surface area contributed by atoms with Crippen LogP contribution < -0.4 is 5.73 Å². The Balaban J connectivity index is 0.00000169. The molecule has 2 N–H and O–H groups in total. The van der Waals surface area contributed by atoms with E-state index in [1.54, 1.807) is 7.11 Å². The van der Waals surface area contributed by atoms with E-state index in [-0.39, 0.29) is 48.8 Å². The summed E-state index contributed by atoms with van der Waals surface area (Å²) < 4.78 is 7.46. The van der Waals surface area contributed by atoms with Gasteiger partial charge in [0.1, 0.15) is 0 Å². The standard InChI is InChI=1S/C18H26N4O2.2ClH/c1-21(18(23)13-7-8-17(24-2)14(19)11-13)9-10-22-12-20-15-5-3-4-6-16(15)22;;/h3-6,12-14,17H,7-11,19H2,1-2H3;2*1H/t13-,14+,17+;;/m0../s1. The first-order chi connectivity index (χ1) is 11.6. The monoisotopic (exact) mass is 402 g/mol. The van der Waals surface area contributed by atoms with Crippen LogP contribution in [0.5, 0.6) is 0 Å². The maximum absolute atomic E-state index is 12.7. The number of nitrogens with two attached hydrogens (primary N) is 1. The van der Waals surface area contributed by atoms with Crippen LogP contribution in [0.4, 0.5) is 0 Å². The van der Waals surface area contributed by atoms with Crippen molar-refractivity contribution in [2.45, 2.75) is 38.0 Å². The first-order valence-electron chi connectivity index (χ1n) is 8.53. The molecule has 2 aromatic rings. The number of para-hydroxylation sites is 2. The summed E-state index contributed by atoms with van der Waals surface area (Å²) in [4.78, 5) is 18.9. The second-order valence-electron chi connectivity index (χ2n) is 6.63. The maximum Gasteiger partial charge on any atom is 0.225 e. The highest BCUT2D eigenvalue weighted by Gasteiger charge is 2.33. The lowest BCUT2D eigenvalue weighted by Crippen LogP contribution is -2.46. The fourth-order valence-corrected chi connectivity index (χ4v) is 3.56. The van der Waals surface area contributed by atoms with Gasteiger partial charge in [-0.15, -0.1) is 24.8 Å². The minimum absolute atomic E-state index is 0. The molecule has 3 atom stereocenters. The van der Waals surface area contributed by atoms with Crippen LogP contribution in [0.2, 0.25) is 0 Å². The summed E-state index contributed by atoms with van der Waals surface area (Å²) in [6.07, 6.45) is 4.33. The van der Waals surface area contributed by atoms with Crippen LogP contribution in [-0.2, 0) is 16.1 Å². The van der Waals surface area contributed by atoms with Crippen molar-refractivity contribution >= 4 is 41.8 Å². The number of methoxy groups -OCH3 is 1. The van der Waals surface area contributed by atoms with Gasteiger partial charge in [0.2, 0.25) is 5.91 Å². The Labute approximate surface area is 166 Å². The maximum atomic E-state index is 12.7. The highest BCUT2D eigenvalue weighted by atomic mass is 35.5. The van der Waals surface area contributed by atoms with Crippen molar-refractivity contribution in [2.75, 3.05) is 20.7 Å². The molecule has 3 rings (SSSR count). The predicted octanol–water partition coefficient (Wildman–Crippen LogP) is 2.48. The molecule has 1 fully saturated rings. The van der Waals surface area contributed by atoms with Gasteiger partial charge in [-0.05, 0) is 31.4 Å². The summed E-state index contributed by atoms with van der Waals surface area (Å²) in [6.45, 7) is 1.40. The molecule has 0 bridgehead atoms. The quantitative estimate of drug-likeness (QED) is 0.833. The number of hydrogen-bond acceptors (Lipinski definition) is 4. The summed E-state index contributed by atoms with van der Waals surface area (Å²) in [7, 11) is 3.56. The summed E-state index contributed by atoms with van der Waals surface area (Å²) in [5.74, 6) is 0.195. The van der Waals surface area contributed by atoms with Gasteiger partial charge in [0.15, 0.2) is 0 Å². The zero-order chi connectivity index (χ0) is 17.1. The molecule has 1 heterocycles. The number of benzene rings is 1. The highest BCUT2D eigenvalue weighted by molar-refractivity contribution is 5.85. The number of amides is 1. The van der Waals surface area contributed by atoms with Gasteiger partial charge in [0.25, 0.3) is 0 Å². The second-order valence-corrected chi connectivity index (χ2v) is 6.63. The Morgan fingerprint density at radius 2 is 2.08 bits per heavy atom. The molecule has 1 aliphatic rings. The average Bonchev–Trinajstić information content (AvgIpc) is 3.02. The summed E-state index contributed by atoms with van der Waals surface area (Å²) in [5.41, 5.74) is 8.20. The van der Waals surface area contributed by atoms with E-state index in [4.69, 9.17) is 10.5 Å². The van der Waals surface area contributed by atoms with Gasteiger partial charge >= 0.3 is 0 Å². The number of rotatable bonds is 5. The largest absolute Gasteiger partial charge is 0.380 e. The molecular weight excluding hydrogens is 375 g/mol. The Hall–Kier alpha value is -1.34. The molecule has 0 radical (unpaired) electrons. The van der Waals surface area contributed by atoms with Gasteiger partial charge in [0, 0.05) is 39.2 Å². The smallest absolute Gasteiger partial charge is 0.225 e. The van der Waals surface area contributed by atoms with E-state index in [1.807, 2.05) is 36.5 Å². The van der Waals surface area contributed by atoms with Crippen molar-refractivity contribution in [1.29, 1.82) is 0 Å². The predicted molar refractivity (Wildman–Crippen MR) is 108 cm³/mol. The molecule has 0 aliphatic heterocycles. The number of ether oxygens (including phenoxy) is 1. The molecule has 0 saturated heterocycles. The van der Waals surface area contributed by atoms with E-state index in [9.17, 15) is 4.79 Å². The molecule has 1 saturated carbocycles. The second kappa shape index (κ2) is 10.1. The third-order valence-electron chi connectivity index (χ3n) is 5.07. The van der Waals surface area contributed by atoms with E-state index in [2.05, 4.69) is 15.6 Å². The number of imidazole rings is 1. The molecule has 1 aromatic heterocycles. The van der Waals surface area contributed by atoms with Crippen LogP contribution in [0.3, 0.4) is 0 Å². The Morgan fingerprint density at radius 1 is 1.35 bits per heavy atom. The van der Waals surface area contributed by atoms with E-state index >= 15 is 0 Å². The number of nitrogens with zero attached hydrogens (tertiary/aromatic N) is 3. The van der Waals surface area contributed by atoms with Crippen LogP contribution in [0.25, 0.3) is 11.0 Å². The molecule has 0 spiro atoms. The minimum Gasteiger partial charge on any atom is -0.380 e. The van der Waals surface area contributed by atoms with E-state index in [1.165, 1.54) is 0 Å². The van der Waals surface area contributed by atoms with E-state index in [0.29, 0.717) is 13.0 Å². The van der Waals surface area contributed by atoms with Crippen molar-refractivity contribution < 1.29 is 9.53 Å². The van der Waals surface area contributed by atoms with Crippen molar-refractivity contribution in [1.82, 2.24) is 14.5 Å². The van der Waals surface area contributed by atoms with Crippen LogP contribution in [0.15, 0.2) is 30.6 Å². The Morgan fingerprint density at radius 3 is 2.77 bits per heavy atom. The first-order valence-corrected chi connectivity index (χ1v) is 8.53. The lowest BCUT2D eigenvalue weighted by molar-refractivity contribution is -0.136. The molecule has 0 unspecified atom stereocenters. The zero-order valence-corrected chi connectivity index (χ0v) is 16.8. The van der Waals surface area contributed by atoms with Crippen molar-refractivity contribution in [3.05, 3.63) is 30.6 Å². The number of hydrogen-bond donors (Lipinski definition) is 1. The number of aromatic nitrogens is 2. The van der Waals surface area contributed by atoms with Crippen molar-refractivity contribution in [2.24, 2.45) is 11.7 Å². The van der Waals surface area contributed by atoms with Gasteiger partial charge in [0.05, 0.1) is 23.5 Å². The van der Waals surface area contributed by atoms with Crippen molar-refractivity contribution in [3.8, 4) is 0 Å². The van der Waals surface area contributed by atoms with Gasteiger partial charge in [-0.2, -0.15) is 0 Å². The van der Waals surface area contributed by atoms with Gasteiger partial charge in [-0.3, -0.25) is 4.79 Å². The summed E-state index contributed by atoms with van der Waals surface area (Å²) >= 11 is 0. The molecule has 26 heavy (non-hydrogen) atoms. The lowest BCUT2D eigenvalue weighted by atomic mass is 9.83.